The number of ether oxygens (including phenoxy) is 1. The fourth-order valence-electron chi connectivity index (χ4n) is 3.90. The molecule has 0 atom stereocenters. The van der Waals surface area contributed by atoms with Gasteiger partial charge in [-0.25, -0.2) is 0 Å². The maximum atomic E-state index is 13.2. The molecule has 3 N–H and O–H groups in total. The molecule has 3 amide bonds. The average Bonchev–Trinajstić information content (AvgIpc) is 3.55. The van der Waals surface area contributed by atoms with E-state index in [1.807, 2.05) is 60.0 Å². The van der Waals surface area contributed by atoms with E-state index in [1.54, 1.807) is 72.8 Å². The molecule has 0 saturated carbocycles. The first kappa shape index (κ1) is 29.4. The van der Waals surface area contributed by atoms with Gasteiger partial charge in [0.05, 0.1) is 5.75 Å². The molecule has 0 aliphatic heterocycles. The Morgan fingerprint density at radius 3 is 2.16 bits per heavy atom. The Balaban J connectivity index is 1.17. The van der Waals surface area contributed by atoms with Crippen molar-refractivity contribution < 1.29 is 19.1 Å². The van der Waals surface area contributed by atoms with Crippen molar-refractivity contribution in [3.63, 3.8) is 0 Å². The number of hydrogen-bond acceptors (Lipinski definition) is 6. The van der Waals surface area contributed by atoms with Crippen LogP contribution in [0.15, 0.2) is 137 Å². The first-order valence-corrected chi connectivity index (χ1v) is 15.2. The Hall–Kier alpha value is -5.12. The second kappa shape index (κ2) is 14.7. The molecule has 7 nitrogen and oxygen atoms in total. The number of anilines is 2. The highest BCUT2D eigenvalue weighted by Crippen LogP contribution is 2.25. The van der Waals surface area contributed by atoms with E-state index in [0.29, 0.717) is 22.7 Å². The molecule has 0 unspecified atom stereocenters. The fourth-order valence-corrected chi connectivity index (χ4v) is 5.31. The van der Waals surface area contributed by atoms with Crippen LogP contribution in [-0.4, -0.2) is 23.5 Å². The van der Waals surface area contributed by atoms with Gasteiger partial charge in [-0.3, -0.25) is 14.4 Å². The molecule has 5 aromatic rings. The summed E-state index contributed by atoms with van der Waals surface area (Å²) in [6, 6.07) is 36.3. The molecule has 214 valence electrons. The number of amides is 3. The zero-order valence-electron chi connectivity index (χ0n) is 22.9. The molecule has 0 aliphatic carbocycles. The average molecular weight is 606 g/mol. The van der Waals surface area contributed by atoms with Crippen molar-refractivity contribution in [2.45, 2.75) is 4.90 Å². The topological polar surface area (TPSA) is 96.5 Å². The lowest BCUT2D eigenvalue weighted by Gasteiger charge is -2.12. The van der Waals surface area contributed by atoms with Gasteiger partial charge in [-0.1, -0.05) is 48.5 Å². The van der Waals surface area contributed by atoms with Gasteiger partial charge in [0.1, 0.15) is 17.2 Å². The smallest absolute Gasteiger partial charge is 0.272 e. The summed E-state index contributed by atoms with van der Waals surface area (Å²) in [4.78, 5) is 40.3. The van der Waals surface area contributed by atoms with E-state index in [2.05, 4.69) is 16.0 Å². The minimum atomic E-state index is -0.461. The lowest BCUT2D eigenvalue weighted by Crippen LogP contribution is -2.30. The molecule has 4 aromatic carbocycles. The summed E-state index contributed by atoms with van der Waals surface area (Å²) in [6.07, 6.45) is 1.64. The van der Waals surface area contributed by atoms with Crippen LogP contribution in [0, 0.1) is 0 Å². The molecule has 0 fully saturated rings. The van der Waals surface area contributed by atoms with Gasteiger partial charge in [0, 0.05) is 26.7 Å². The van der Waals surface area contributed by atoms with Gasteiger partial charge in [0.15, 0.2) is 0 Å². The van der Waals surface area contributed by atoms with Gasteiger partial charge in [-0.05, 0) is 84.3 Å². The number of carbonyl (C=O) groups is 3. The minimum absolute atomic E-state index is 0.119. The van der Waals surface area contributed by atoms with Crippen LogP contribution in [0.1, 0.15) is 15.2 Å². The van der Waals surface area contributed by atoms with Crippen LogP contribution >= 0.6 is 23.1 Å². The molecule has 0 bridgehead atoms. The van der Waals surface area contributed by atoms with Crippen LogP contribution in [0.25, 0.3) is 6.08 Å². The Bertz CT molecular complexity index is 1710. The quantitative estimate of drug-likeness (QED) is 0.106. The predicted octanol–water partition coefficient (Wildman–Crippen LogP) is 7.68. The van der Waals surface area contributed by atoms with Gasteiger partial charge < -0.3 is 20.7 Å². The number of nitrogens with one attached hydrogen (secondary N) is 3. The molecule has 0 saturated heterocycles. The summed E-state index contributed by atoms with van der Waals surface area (Å²) in [6.45, 7) is 0. The summed E-state index contributed by atoms with van der Waals surface area (Å²) in [7, 11) is 0. The van der Waals surface area contributed by atoms with Crippen LogP contribution in [-0.2, 0) is 9.59 Å². The number of hydrogen-bond donors (Lipinski definition) is 3. The Morgan fingerprint density at radius 2 is 1.44 bits per heavy atom. The monoisotopic (exact) mass is 605 g/mol. The summed E-state index contributed by atoms with van der Waals surface area (Å²) in [5.41, 5.74) is 1.76. The molecule has 9 heteroatoms. The number of carbonyl (C=O) groups excluding carboxylic acids is 3. The Morgan fingerprint density at radius 1 is 0.721 bits per heavy atom. The molecular formula is C34H27N3O4S2. The second-order valence-corrected chi connectivity index (χ2v) is 11.2. The number of rotatable bonds is 11. The number of thiophene rings is 1. The van der Waals surface area contributed by atoms with E-state index < -0.39 is 5.91 Å². The molecule has 43 heavy (non-hydrogen) atoms. The Kier molecular flexibility index (Phi) is 10.0. The first-order chi connectivity index (χ1) is 21.0. The standard InChI is InChI=1S/C34H27N3O4S2/c38-32(35-25-16-18-28(19-17-25)41-27-12-5-2-6-13-27)23-43-29-14-7-11-26(21-29)36-34(40)31(22-30-15-8-20-42-30)37-33(39)24-9-3-1-4-10-24/h1-22H,23H2,(H,35,38)(H,36,40)(H,37,39)/b31-22-. The summed E-state index contributed by atoms with van der Waals surface area (Å²) >= 11 is 2.80. The van der Waals surface area contributed by atoms with Crippen LogP contribution in [0.4, 0.5) is 11.4 Å². The maximum absolute atomic E-state index is 13.2. The lowest BCUT2D eigenvalue weighted by molar-refractivity contribution is -0.114. The molecule has 5 rings (SSSR count). The highest BCUT2D eigenvalue weighted by Gasteiger charge is 2.16. The minimum Gasteiger partial charge on any atom is -0.457 e. The molecular weight excluding hydrogens is 579 g/mol. The van der Waals surface area contributed by atoms with Crippen LogP contribution in [0.5, 0.6) is 11.5 Å². The third-order valence-electron chi connectivity index (χ3n) is 5.94. The van der Waals surface area contributed by atoms with Crippen molar-refractivity contribution in [1.29, 1.82) is 0 Å². The Labute approximate surface area is 257 Å². The molecule has 0 radical (unpaired) electrons. The third kappa shape index (κ3) is 8.93. The largest absolute Gasteiger partial charge is 0.457 e. The van der Waals surface area contributed by atoms with Crippen LogP contribution in [0.2, 0.25) is 0 Å². The van der Waals surface area contributed by atoms with E-state index in [9.17, 15) is 14.4 Å². The van der Waals surface area contributed by atoms with Crippen molar-refractivity contribution in [3.05, 3.63) is 143 Å². The van der Waals surface area contributed by atoms with Gasteiger partial charge in [-0.2, -0.15) is 0 Å². The molecule has 1 heterocycles. The summed E-state index contributed by atoms with van der Waals surface area (Å²) < 4.78 is 5.79. The van der Waals surface area contributed by atoms with E-state index >= 15 is 0 Å². The van der Waals surface area contributed by atoms with E-state index in [-0.39, 0.29) is 23.3 Å². The fraction of sp³-hybridized carbons (Fsp3) is 0.0294. The van der Waals surface area contributed by atoms with Crippen molar-refractivity contribution in [2.75, 3.05) is 16.4 Å². The third-order valence-corrected chi connectivity index (χ3v) is 7.75. The van der Waals surface area contributed by atoms with Gasteiger partial charge in [-0.15, -0.1) is 23.1 Å². The number of thioether (sulfide) groups is 1. The van der Waals surface area contributed by atoms with Crippen molar-refractivity contribution in [1.82, 2.24) is 5.32 Å². The molecule has 0 aliphatic rings. The summed E-state index contributed by atoms with van der Waals surface area (Å²) in [5.74, 6) is 0.577. The predicted molar refractivity (Wildman–Crippen MR) is 174 cm³/mol. The van der Waals surface area contributed by atoms with Gasteiger partial charge in [0.25, 0.3) is 11.8 Å². The van der Waals surface area contributed by atoms with E-state index in [0.717, 1.165) is 15.5 Å². The zero-order chi connectivity index (χ0) is 29.9. The van der Waals surface area contributed by atoms with Crippen molar-refractivity contribution in [2.24, 2.45) is 0 Å². The highest BCUT2D eigenvalue weighted by molar-refractivity contribution is 8.00. The van der Waals surface area contributed by atoms with E-state index in [4.69, 9.17) is 4.74 Å². The highest BCUT2D eigenvalue weighted by atomic mass is 32.2. The van der Waals surface area contributed by atoms with Crippen molar-refractivity contribution in [3.8, 4) is 11.5 Å². The maximum Gasteiger partial charge on any atom is 0.272 e. The lowest BCUT2D eigenvalue weighted by atomic mass is 10.2. The number of para-hydroxylation sites is 1. The summed E-state index contributed by atoms with van der Waals surface area (Å²) in [5, 5.41) is 10.4. The van der Waals surface area contributed by atoms with Crippen molar-refractivity contribution >= 4 is 58.3 Å². The molecule has 0 spiro atoms. The zero-order valence-corrected chi connectivity index (χ0v) is 24.5. The van der Waals surface area contributed by atoms with Gasteiger partial charge >= 0.3 is 0 Å². The van der Waals surface area contributed by atoms with Crippen LogP contribution in [0.3, 0.4) is 0 Å². The second-order valence-electron chi connectivity index (χ2n) is 9.15. The SMILES string of the molecule is O=C(CSc1cccc(NC(=O)/C(=C/c2cccs2)NC(=O)c2ccccc2)c1)Nc1ccc(Oc2ccccc2)cc1. The van der Waals surface area contributed by atoms with Gasteiger partial charge in [0.2, 0.25) is 5.91 Å². The first-order valence-electron chi connectivity index (χ1n) is 13.3. The number of benzene rings is 4. The van der Waals surface area contributed by atoms with E-state index in [1.165, 1.54) is 23.1 Å². The van der Waals surface area contributed by atoms with Crippen LogP contribution < -0.4 is 20.7 Å². The normalized spacial score (nSPS) is 10.9. The molecule has 1 aromatic heterocycles.